The molecule has 18 aromatic rings. The van der Waals surface area contributed by atoms with Gasteiger partial charge in [0.15, 0.2) is 0 Å². The highest BCUT2D eigenvalue weighted by Gasteiger charge is 2.25. The molecule has 0 unspecified atom stereocenters. The van der Waals surface area contributed by atoms with Crippen molar-refractivity contribution in [2.45, 2.75) is 160 Å². The summed E-state index contributed by atoms with van der Waals surface area (Å²) in [6, 6.07) is 91.2. The molecular weight excluding hydrogens is 1250 g/mol. The fourth-order valence-electron chi connectivity index (χ4n) is 17.0. The standard InChI is InChI=1S/C30H32.C28H22.C24H30.C22H16/c1-17-9-19-10-18(2)12-24-26-16-22(30(6,7)8)14-20-13-21(29(3,4)5)15-25(28(20)26)23(11-17)27(19)24;1-19-13-15-23-25(17-19)27(21-9-5-3-6-10-21)24-16-14-20(2)18-26(24)28(23)22-11-7-4-8-12-22;1-15-19-11-9-18(24(6,7)8)14-22(19)16(2)20-12-10-17(13-21(15)20)23(3,4)5;1-13-9-16-10-14(2)12-20-18-8-4-6-15-5-3-7-17(21(15)18)19(11-13)22(16)20/h9-16H,1-8H3;3-18H,1-2H3;9-14H,1-8H3;3-12H,1-2H3. The second-order valence-corrected chi connectivity index (χ2v) is 34.7. The van der Waals surface area contributed by atoms with E-state index in [-0.39, 0.29) is 21.7 Å². The van der Waals surface area contributed by atoms with Crippen molar-refractivity contribution < 1.29 is 0 Å². The summed E-state index contributed by atoms with van der Waals surface area (Å²) in [5.41, 5.74) is 22.1. The zero-order chi connectivity index (χ0) is 73.4. The Morgan fingerprint density at radius 3 is 0.808 bits per heavy atom. The Morgan fingerprint density at radius 1 is 0.173 bits per heavy atom. The molecule has 516 valence electrons. The van der Waals surface area contributed by atoms with E-state index < -0.39 is 0 Å². The molecule has 0 saturated heterocycles. The Labute approximate surface area is 617 Å². The van der Waals surface area contributed by atoms with E-state index in [4.69, 9.17) is 0 Å². The normalized spacial score (nSPS) is 12.4. The fourth-order valence-corrected chi connectivity index (χ4v) is 17.0. The van der Waals surface area contributed by atoms with Crippen molar-refractivity contribution in [1.29, 1.82) is 0 Å². The minimum absolute atomic E-state index is 0.110. The lowest BCUT2D eigenvalue weighted by Crippen LogP contribution is -2.12. The van der Waals surface area contributed by atoms with Gasteiger partial charge in [-0.25, -0.2) is 0 Å². The first-order valence-corrected chi connectivity index (χ1v) is 37.7. The van der Waals surface area contributed by atoms with Gasteiger partial charge in [-0.2, -0.15) is 0 Å². The SMILES string of the molecule is Cc1c2ccc(C(C)(C)C)cc2c(C)c2ccc(C(C)(C)C)cc12.Cc1cc2cc(C)cc3c4cc(C(C)(C)C)cc5cc(C(C)(C)C)cc(c(c1)c23)c54.Cc1cc2cc(C)cc3c4cccc5cccc(c(c1)c23)c54.Cc1ccc2c(-c3ccccc3)c3cc(C)ccc3c(-c3ccccc3)c2c1. The van der Waals surface area contributed by atoms with E-state index in [2.05, 4.69) is 381 Å². The molecule has 0 aliphatic rings. The zero-order valence-corrected chi connectivity index (χ0v) is 65.1. The number of aryl methyl sites for hydroxylation is 8. The molecule has 0 radical (unpaired) electrons. The topological polar surface area (TPSA) is 0 Å². The molecule has 0 nitrogen and oxygen atoms in total. The number of fused-ring (bicyclic) bond motifs is 8. The van der Waals surface area contributed by atoms with Gasteiger partial charge >= 0.3 is 0 Å². The molecule has 0 amide bonds. The van der Waals surface area contributed by atoms with Crippen LogP contribution in [0.15, 0.2) is 243 Å². The van der Waals surface area contributed by atoms with Gasteiger partial charge in [-0.3, -0.25) is 0 Å². The third-order valence-corrected chi connectivity index (χ3v) is 22.5. The average molecular weight is 1350 g/mol. The monoisotopic (exact) mass is 1350 g/mol. The maximum absolute atomic E-state index is 2.46. The van der Waals surface area contributed by atoms with Crippen molar-refractivity contribution >= 4 is 129 Å². The first kappa shape index (κ1) is 69.3. The van der Waals surface area contributed by atoms with Gasteiger partial charge in [0.25, 0.3) is 0 Å². The second kappa shape index (κ2) is 25.8. The largest absolute Gasteiger partial charge is 0.0622 e. The Hall–Kier alpha value is -10.4. The summed E-state index contributed by atoms with van der Waals surface area (Å²) in [4.78, 5) is 0. The summed E-state index contributed by atoms with van der Waals surface area (Å²) in [7, 11) is 0. The first-order valence-electron chi connectivity index (χ1n) is 37.7. The van der Waals surface area contributed by atoms with Crippen LogP contribution in [0.3, 0.4) is 0 Å². The maximum Gasteiger partial charge on any atom is -0.00260 e. The van der Waals surface area contributed by atoms with E-state index in [1.807, 2.05) is 0 Å². The van der Waals surface area contributed by atoms with Gasteiger partial charge in [0, 0.05) is 0 Å². The van der Waals surface area contributed by atoms with Crippen LogP contribution in [0.4, 0.5) is 0 Å². The molecule has 0 spiro atoms. The Morgan fingerprint density at radius 2 is 0.462 bits per heavy atom. The van der Waals surface area contributed by atoms with Crippen LogP contribution < -0.4 is 0 Å². The van der Waals surface area contributed by atoms with Gasteiger partial charge in [0.1, 0.15) is 0 Å². The molecular formula is C104H100. The van der Waals surface area contributed by atoms with Gasteiger partial charge < -0.3 is 0 Å². The highest BCUT2D eigenvalue weighted by Crippen LogP contribution is 2.48. The van der Waals surface area contributed by atoms with E-state index in [9.17, 15) is 0 Å². The van der Waals surface area contributed by atoms with E-state index in [0.29, 0.717) is 0 Å². The molecule has 0 saturated carbocycles. The zero-order valence-electron chi connectivity index (χ0n) is 65.1. The van der Waals surface area contributed by atoms with Crippen LogP contribution >= 0.6 is 0 Å². The molecule has 0 aliphatic heterocycles. The maximum atomic E-state index is 2.46. The molecule has 0 fully saturated rings. The van der Waals surface area contributed by atoms with Crippen molar-refractivity contribution in [3.8, 4) is 22.3 Å². The highest BCUT2D eigenvalue weighted by molar-refractivity contribution is 6.35. The smallest absolute Gasteiger partial charge is 0.00260 e. The third-order valence-electron chi connectivity index (χ3n) is 22.5. The first-order chi connectivity index (χ1) is 49.4. The van der Waals surface area contributed by atoms with Crippen LogP contribution in [0.25, 0.3) is 152 Å². The number of hydrogen-bond donors (Lipinski definition) is 0. The third kappa shape index (κ3) is 12.5. The minimum atomic E-state index is 0.110. The molecule has 18 aromatic carbocycles. The van der Waals surface area contributed by atoms with E-state index in [0.717, 1.165) is 0 Å². The Bertz CT molecular complexity index is 6050. The fraction of sp³-hybridized carbons (Fsp3) is 0.231. The molecule has 0 atom stereocenters. The lowest BCUT2D eigenvalue weighted by atomic mass is 9.79. The summed E-state index contributed by atoms with van der Waals surface area (Å²) in [6.07, 6.45) is 0. The Kier molecular flexibility index (Phi) is 17.2. The van der Waals surface area contributed by atoms with Crippen molar-refractivity contribution in [2.75, 3.05) is 0 Å². The summed E-state index contributed by atoms with van der Waals surface area (Å²) >= 11 is 0. The predicted octanol–water partition coefficient (Wildman–Crippen LogP) is 30.5. The van der Waals surface area contributed by atoms with E-state index in [1.165, 1.54) is 218 Å². The van der Waals surface area contributed by atoms with Crippen LogP contribution in [0.2, 0.25) is 0 Å². The quantitative estimate of drug-likeness (QED) is 0.120. The van der Waals surface area contributed by atoms with Gasteiger partial charge in [-0.1, -0.05) is 325 Å². The molecule has 0 aromatic heterocycles. The number of benzene rings is 18. The van der Waals surface area contributed by atoms with Gasteiger partial charge in [-0.15, -0.1) is 0 Å². The summed E-state index contributed by atoms with van der Waals surface area (Å²) in [6.45, 7) is 45.4. The van der Waals surface area contributed by atoms with Crippen molar-refractivity contribution in [3.63, 3.8) is 0 Å². The molecule has 0 aliphatic carbocycles. The highest BCUT2D eigenvalue weighted by atomic mass is 14.3. The lowest BCUT2D eigenvalue weighted by Gasteiger charge is -2.25. The van der Waals surface area contributed by atoms with Crippen LogP contribution in [-0.4, -0.2) is 0 Å². The van der Waals surface area contributed by atoms with Crippen LogP contribution in [-0.2, 0) is 21.7 Å². The molecule has 0 N–H and O–H groups in total. The molecule has 104 heavy (non-hydrogen) atoms. The van der Waals surface area contributed by atoms with Crippen molar-refractivity contribution in [2.24, 2.45) is 0 Å². The summed E-state index contributed by atoms with van der Waals surface area (Å²) in [5.74, 6) is 0. The number of hydrogen-bond acceptors (Lipinski definition) is 0. The summed E-state index contributed by atoms with van der Waals surface area (Å²) in [5, 5.41) is 33.0. The van der Waals surface area contributed by atoms with Gasteiger partial charge in [0.05, 0.1) is 0 Å². The van der Waals surface area contributed by atoms with Crippen LogP contribution in [0.1, 0.15) is 150 Å². The second-order valence-electron chi connectivity index (χ2n) is 34.7. The molecule has 0 bridgehead atoms. The van der Waals surface area contributed by atoms with Crippen LogP contribution in [0.5, 0.6) is 0 Å². The molecule has 0 heterocycles. The molecule has 0 heteroatoms. The molecule has 18 rings (SSSR count). The predicted molar refractivity (Wildman–Crippen MR) is 462 cm³/mol. The minimum Gasteiger partial charge on any atom is -0.0622 e. The number of rotatable bonds is 2. The lowest BCUT2D eigenvalue weighted by molar-refractivity contribution is 0.590. The Balaban J connectivity index is 0.000000112. The van der Waals surface area contributed by atoms with Crippen molar-refractivity contribution in [1.82, 2.24) is 0 Å². The van der Waals surface area contributed by atoms with Crippen molar-refractivity contribution in [3.05, 3.63) is 309 Å². The van der Waals surface area contributed by atoms with E-state index in [1.54, 1.807) is 0 Å². The summed E-state index contributed by atoms with van der Waals surface area (Å²) < 4.78 is 0. The van der Waals surface area contributed by atoms with Gasteiger partial charge in [-0.05, 0) is 296 Å². The average Bonchev–Trinajstić information content (AvgIpc) is 0.667. The van der Waals surface area contributed by atoms with Crippen LogP contribution in [0, 0.1) is 55.4 Å². The van der Waals surface area contributed by atoms with E-state index >= 15 is 0 Å². The van der Waals surface area contributed by atoms with Gasteiger partial charge in [0.2, 0.25) is 0 Å².